The smallest absolute Gasteiger partial charge is 0.262 e. The lowest BCUT2D eigenvalue weighted by Crippen LogP contribution is -2.20. The van der Waals surface area contributed by atoms with Gasteiger partial charge in [0.2, 0.25) is 0 Å². The van der Waals surface area contributed by atoms with Crippen molar-refractivity contribution in [1.29, 1.82) is 0 Å². The molecular formula is C20H22ClNO4. The summed E-state index contributed by atoms with van der Waals surface area (Å²) >= 11 is 6.10. The molecule has 0 heterocycles. The van der Waals surface area contributed by atoms with E-state index in [0.29, 0.717) is 23.3 Å². The Morgan fingerprint density at radius 3 is 2.58 bits per heavy atom. The van der Waals surface area contributed by atoms with Crippen molar-refractivity contribution in [1.82, 2.24) is 0 Å². The first-order valence-electron chi connectivity index (χ1n) is 8.41. The number of unbranched alkanes of at least 4 members (excludes halogenated alkanes) is 1. The number of aryl methyl sites for hydroxylation is 1. The van der Waals surface area contributed by atoms with Crippen LogP contribution in [0.25, 0.3) is 0 Å². The molecule has 5 nitrogen and oxygen atoms in total. The van der Waals surface area contributed by atoms with Gasteiger partial charge in [0.25, 0.3) is 5.91 Å². The highest BCUT2D eigenvalue weighted by molar-refractivity contribution is 6.32. The number of hydrogen-bond donors (Lipinski definition) is 1. The summed E-state index contributed by atoms with van der Waals surface area (Å²) in [5, 5.41) is 2.98. The molecule has 0 unspecified atom stereocenters. The first-order valence-corrected chi connectivity index (χ1v) is 8.79. The molecule has 0 aliphatic rings. The van der Waals surface area contributed by atoms with E-state index in [9.17, 15) is 9.59 Å². The Kier molecular flexibility index (Phi) is 7.48. The molecular weight excluding hydrogens is 354 g/mol. The summed E-state index contributed by atoms with van der Waals surface area (Å²) in [6.07, 6.45) is 3.98. The minimum Gasteiger partial charge on any atom is -0.493 e. The molecule has 0 aliphatic carbocycles. The van der Waals surface area contributed by atoms with Crippen LogP contribution in [0.1, 0.15) is 35.7 Å². The van der Waals surface area contributed by atoms with Crippen molar-refractivity contribution in [2.24, 2.45) is 0 Å². The third kappa shape index (κ3) is 5.49. The second-order valence-electron chi connectivity index (χ2n) is 5.79. The fourth-order valence-electron chi connectivity index (χ4n) is 2.42. The van der Waals surface area contributed by atoms with Crippen LogP contribution >= 0.6 is 11.6 Å². The third-order valence-electron chi connectivity index (χ3n) is 3.79. The van der Waals surface area contributed by atoms with Gasteiger partial charge >= 0.3 is 0 Å². The van der Waals surface area contributed by atoms with Crippen molar-refractivity contribution in [3.8, 4) is 11.5 Å². The zero-order valence-corrected chi connectivity index (χ0v) is 15.6. The van der Waals surface area contributed by atoms with Gasteiger partial charge < -0.3 is 14.8 Å². The summed E-state index contributed by atoms with van der Waals surface area (Å²) in [6.45, 7) is 1.93. The minimum atomic E-state index is -0.316. The number of amides is 1. The van der Waals surface area contributed by atoms with Crippen molar-refractivity contribution in [3.05, 3.63) is 52.5 Å². The van der Waals surface area contributed by atoms with Crippen molar-refractivity contribution in [2.45, 2.75) is 26.2 Å². The van der Waals surface area contributed by atoms with Crippen LogP contribution in [0.2, 0.25) is 5.02 Å². The predicted octanol–water partition coefficient (Wildman–Crippen LogP) is 4.52. The molecule has 0 atom stereocenters. The topological polar surface area (TPSA) is 64.6 Å². The van der Waals surface area contributed by atoms with Crippen LogP contribution in [0.5, 0.6) is 11.5 Å². The molecule has 0 saturated carbocycles. The van der Waals surface area contributed by atoms with Crippen molar-refractivity contribution in [3.63, 3.8) is 0 Å². The molecule has 0 bridgehead atoms. The molecule has 0 saturated heterocycles. The van der Waals surface area contributed by atoms with E-state index in [-0.39, 0.29) is 23.3 Å². The molecule has 2 rings (SSSR count). The molecule has 0 aliphatic heterocycles. The van der Waals surface area contributed by atoms with E-state index in [1.54, 1.807) is 0 Å². The first-order chi connectivity index (χ1) is 12.6. The average Bonchev–Trinajstić information content (AvgIpc) is 2.65. The number of carbonyl (C=O) groups is 2. The SMILES string of the molecule is CCCCc1ccc(NC(=O)COc2c(Cl)cc(C=O)cc2OC)cc1. The fourth-order valence-corrected chi connectivity index (χ4v) is 2.69. The van der Waals surface area contributed by atoms with E-state index in [4.69, 9.17) is 21.1 Å². The maximum Gasteiger partial charge on any atom is 0.262 e. The standard InChI is InChI=1S/C20H22ClNO4/c1-3-4-5-14-6-8-16(9-7-14)22-19(24)13-26-20-17(21)10-15(12-23)11-18(20)25-2/h6-12H,3-5,13H2,1-2H3,(H,22,24). The first kappa shape index (κ1) is 19.8. The molecule has 0 radical (unpaired) electrons. The van der Waals surface area contributed by atoms with E-state index >= 15 is 0 Å². The van der Waals surface area contributed by atoms with Crippen molar-refractivity contribution >= 4 is 29.5 Å². The normalized spacial score (nSPS) is 10.3. The maximum absolute atomic E-state index is 12.1. The molecule has 2 aromatic carbocycles. The lowest BCUT2D eigenvalue weighted by atomic mass is 10.1. The Morgan fingerprint density at radius 2 is 1.96 bits per heavy atom. The molecule has 26 heavy (non-hydrogen) atoms. The molecule has 1 N–H and O–H groups in total. The van der Waals surface area contributed by atoms with Gasteiger partial charge in [-0.2, -0.15) is 0 Å². The van der Waals surface area contributed by atoms with Crippen LogP contribution in [0.3, 0.4) is 0 Å². The van der Waals surface area contributed by atoms with Crippen molar-refractivity contribution < 1.29 is 19.1 Å². The summed E-state index contributed by atoms with van der Waals surface area (Å²) in [5.74, 6) is 0.210. The highest BCUT2D eigenvalue weighted by atomic mass is 35.5. The Labute approximate surface area is 158 Å². The molecule has 6 heteroatoms. The highest BCUT2D eigenvalue weighted by Crippen LogP contribution is 2.36. The number of ether oxygens (including phenoxy) is 2. The van der Waals surface area contributed by atoms with E-state index in [2.05, 4.69) is 12.2 Å². The number of hydrogen-bond acceptors (Lipinski definition) is 4. The number of methoxy groups -OCH3 is 1. The zero-order chi connectivity index (χ0) is 18.9. The van der Waals surface area contributed by atoms with E-state index < -0.39 is 0 Å². The summed E-state index contributed by atoms with van der Waals surface area (Å²) in [4.78, 5) is 23.0. The maximum atomic E-state index is 12.1. The average molecular weight is 376 g/mol. The lowest BCUT2D eigenvalue weighted by molar-refractivity contribution is -0.118. The molecule has 138 valence electrons. The number of halogens is 1. The second kappa shape index (κ2) is 9.82. The minimum absolute atomic E-state index is 0.208. The van der Waals surface area contributed by atoms with Gasteiger partial charge in [-0.05, 0) is 42.7 Å². The van der Waals surface area contributed by atoms with Gasteiger partial charge in [-0.3, -0.25) is 9.59 Å². The Morgan fingerprint density at radius 1 is 1.23 bits per heavy atom. The number of anilines is 1. The quantitative estimate of drug-likeness (QED) is 0.654. The van der Waals surface area contributed by atoms with Gasteiger partial charge in [-0.15, -0.1) is 0 Å². The molecule has 2 aromatic rings. The zero-order valence-electron chi connectivity index (χ0n) is 14.9. The predicted molar refractivity (Wildman–Crippen MR) is 103 cm³/mol. The molecule has 1 amide bonds. The van der Waals surface area contributed by atoms with Gasteiger partial charge in [0.1, 0.15) is 6.29 Å². The number of nitrogens with one attached hydrogen (secondary N) is 1. The number of aldehydes is 1. The van der Waals surface area contributed by atoms with E-state index in [1.165, 1.54) is 24.8 Å². The summed E-state index contributed by atoms with van der Waals surface area (Å²) in [6, 6.07) is 10.7. The van der Waals surface area contributed by atoms with Gasteiger partial charge in [-0.25, -0.2) is 0 Å². The van der Waals surface area contributed by atoms with Gasteiger partial charge in [0.05, 0.1) is 12.1 Å². The fraction of sp³-hybridized carbons (Fsp3) is 0.300. The highest BCUT2D eigenvalue weighted by Gasteiger charge is 2.14. The Hall–Kier alpha value is -2.53. The largest absolute Gasteiger partial charge is 0.493 e. The van der Waals surface area contributed by atoms with Crippen LogP contribution in [-0.2, 0) is 11.2 Å². The van der Waals surface area contributed by atoms with Crippen LogP contribution in [0.4, 0.5) is 5.69 Å². The Balaban J connectivity index is 1.95. The number of carbonyl (C=O) groups excluding carboxylic acids is 2. The summed E-state index contributed by atoms with van der Waals surface area (Å²) in [5.41, 5.74) is 2.31. The van der Waals surface area contributed by atoms with Gasteiger partial charge in [0, 0.05) is 11.3 Å². The molecule has 0 spiro atoms. The molecule has 0 aromatic heterocycles. The second-order valence-corrected chi connectivity index (χ2v) is 6.20. The number of rotatable bonds is 9. The van der Waals surface area contributed by atoms with Crippen LogP contribution in [0.15, 0.2) is 36.4 Å². The summed E-state index contributed by atoms with van der Waals surface area (Å²) in [7, 11) is 1.44. The van der Waals surface area contributed by atoms with Gasteiger partial charge in [-0.1, -0.05) is 37.1 Å². The Bertz CT molecular complexity index is 759. The van der Waals surface area contributed by atoms with Crippen LogP contribution in [-0.4, -0.2) is 25.9 Å². The van der Waals surface area contributed by atoms with E-state index in [1.807, 2.05) is 24.3 Å². The van der Waals surface area contributed by atoms with Gasteiger partial charge in [0.15, 0.2) is 18.1 Å². The lowest BCUT2D eigenvalue weighted by Gasteiger charge is -2.13. The number of benzene rings is 2. The van der Waals surface area contributed by atoms with Crippen LogP contribution in [0, 0.1) is 0 Å². The summed E-state index contributed by atoms with van der Waals surface area (Å²) < 4.78 is 10.6. The van der Waals surface area contributed by atoms with Crippen LogP contribution < -0.4 is 14.8 Å². The molecule has 0 fully saturated rings. The van der Waals surface area contributed by atoms with E-state index in [0.717, 1.165) is 19.3 Å². The van der Waals surface area contributed by atoms with Crippen molar-refractivity contribution in [2.75, 3.05) is 19.0 Å². The third-order valence-corrected chi connectivity index (χ3v) is 4.07. The monoisotopic (exact) mass is 375 g/mol.